The predicted octanol–water partition coefficient (Wildman–Crippen LogP) is 3.45. The van der Waals surface area contributed by atoms with Crippen molar-refractivity contribution < 1.29 is 0 Å². The second kappa shape index (κ2) is 6.66. The van der Waals surface area contributed by atoms with Crippen LogP contribution in [0.5, 0.6) is 0 Å². The largest absolute Gasteiger partial charge is 0.309 e. The lowest BCUT2D eigenvalue weighted by molar-refractivity contribution is 0.416. The van der Waals surface area contributed by atoms with Crippen molar-refractivity contribution in [3.05, 3.63) is 22.4 Å². The summed E-state index contributed by atoms with van der Waals surface area (Å²) < 4.78 is 0. The van der Waals surface area contributed by atoms with Crippen molar-refractivity contribution in [3.8, 4) is 12.3 Å². The average Bonchev–Trinajstić information content (AvgIpc) is 2.70. The van der Waals surface area contributed by atoms with E-state index in [0.29, 0.717) is 12.0 Å². The molecule has 0 bridgehead atoms. The van der Waals surface area contributed by atoms with E-state index in [4.69, 9.17) is 6.42 Å². The van der Waals surface area contributed by atoms with E-state index in [9.17, 15) is 0 Å². The zero-order valence-electron chi connectivity index (χ0n) is 9.49. The van der Waals surface area contributed by atoms with E-state index in [1.807, 2.05) is 11.3 Å². The highest BCUT2D eigenvalue weighted by atomic mass is 32.1. The smallest absolute Gasteiger partial charge is 0.0438 e. The molecule has 0 aliphatic heterocycles. The normalized spacial score (nSPS) is 12.7. The first-order valence-corrected chi connectivity index (χ1v) is 6.34. The molecule has 0 saturated carbocycles. The van der Waals surface area contributed by atoms with Crippen molar-refractivity contribution >= 4 is 11.3 Å². The minimum Gasteiger partial charge on any atom is -0.309 e. The van der Waals surface area contributed by atoms with Crippen molar-refractivity contribution in [2.24, 2.45) is 5.92 Å². The summed E-state index contributed by atoms with van der Waals surface area (Å²) >= 11 is 1.82. The third-order valence-corrected chi connectivity index (χ3v) is 3.33. The van der Waals surface area contributed by atoms with Gasteiger partial charge in [-0.15, -0.1) is 23.7 Å². The molecule has 1 N–H and O–H groups in total. The Hall–Kier alpha value is -0.780. The maximum atomic E-state index is 5.22. The summed E-state index contributed by atoms with van der Waals surface area (Å²) in [4.78, 5) is 1.42. The molecular weight excluding hydrogens is 202 g/mol. The van der Waals surface area contributed by atoms with E-state index in [1.54, 1.807) is 0 Å². The number of hydrogen-bond acceptors (Lipinski definition) is 2. The fourth-order valence-electron chi connectivity index (χ4n) is 1.58. The molecule has 0 saturated heterocycles. The minimum atomic E-state index is 0.475. The first-order chi connectivity index (χ1) is 7.25. The van der Waals surface area contributed by atoms with Crippen LogP contribution in [0.4, 0.5) is 0 Å². The molecule has 1 aromatic rings. The zero-order valence-corrected chi connectivity index (χ0v) is 10.3. The summed E-state index contributed by atoms with van der Waals surface area (Å²) in [6, 6.07) is 4.78. The van der Waals surface area contributed by atoms with Crippen molar-refractivity contribution in [1.29, 1.82) is 0 Å². The molecule has 0 amide bonds. The molecule has 1 atom stereocenters. The van der Waals surface area contributed by atoms with Gasteiger partial charge in [0.15, 0.2) is 0 Å². The molecule has 2 heteroatoms. The molecule has 0 aliphatic rings. The van der Waals surface area contributed by atoms with Crippen LogP contribution in [0.3, 0.4) is 0 Å². The molecular formula is C13H19NS. The van der Waals surface area contributed by atoms with Crippen molar-refractivity contribution in [2.75, 3.05) is 6.54 Å². The summed E-state index contributed by atoms with van der Waals surface area (Å²) in [6.07, 6.45) is 7.15. The lowest BCUT2D eigenvalue weighted by atomic mass is 10.0. The maximum absolute atomic E-state index is 5.22. The third kappa shape index (κ3) is 4.07. The van der Waals surface area contributed by atoms with Crippen LogP contribution in [0.25, 0.3) is 0 Å². The molecule has 0 fully saturated rings. The van der Waals surface area contributed by atoms with Gasteiger partial charge in [0.05, 0.1) is 0 Å². The van der Waals surface area contributed by atoms with Crippen molar-refractivity contribution in [3.63, 3.8) is 0 Å². The minimum absolute atomic E-state index is 0.475. The van der Waals surface area contributed by atoms with E-state index in [1.165, 1.54) is 4.88 Å². The summed E-state index contributed by atoms with van der Waals surface area (Å²) in [5, 5.41) is 5.70. The number of nitrogens with one attached hydrogen (secondary N) is 1. The van der Waals surface area contributed by atoms with Gasteiger partial charge in [0.2, 0.25) is 0 Å². The zero-order chi connectivity index (χ0) is 11.1. The van der Waals surface area contributed by atoms with Crippen molar-refractivity contribution in [1.82, 2.24) is 5.32 Å². The topological polar surface area (TPSA) is 12.0 Å². The second-order valence-corrected chi connectivity index (χ2v) is 4.98. The van der Waals surface area contributed by atoms with Gasteiger partial charge in [-0.25, -0.2) is 0 Å². The molecule has 1 nitrogen and oxygen atoms in total. The van der Waals surface area contributed by atoms with Gasteiger partial charge < -0.3 is 5.32 Å². The first-order valence-electron chi connectivity index (χ1n) is 5.46. The standard InChI is InChI=1S/C13H19NS/c1-4-5-6-9-14-13(11(2)3)12-8-7-10-15-12/h1,7-8,10-11,13-14H,5-6,9H2,2-3H3. The lowest BCUT2D eigenvalue weighted by Gasteiger charge is -2.21. The van der Waals surface area contributed by atoms with Crippen LogP contribution in [-0.2, 0) is 0 Å². The molecule has 0 spiro atoms. The predicted molar refractivity (Wildman–Crippen MR) is 68.0 cm³/mol. The monoisotopic (exact) mass is 221 g/mol. The molecule has 1 heterocycles. The van der Waals surface area contributed by atoms with Crippen LogP contribution in [0.1, 0.15) is 37.6 Å². The Balaban J connectivity index is 2.43. The Kier molecular flexibility index (Phi) is 5.45. The summed E-state index contributed by atoms with van der Waals surface area (Å²) in [5.41, 5.74) is 0. The Morgan fingerprint density at radius 2 is 2.33 bits per heavy atom. The first kappa shape index (κ1) is 12.3. The maximum Gasteiger partial charge on any atom is 0.0438 e. The molecule has 1 unspecified atom stereocenters. The van der Waals surface area contributed by atoms with E-state index >= 15 is 0 Å². The lowest BCUT2D eigenvalue weighted by Crippen LogP contribution is -2.25. The second-order valence-electron chi connectivity index (χ2n) is 4.00. The van der Waals surface area contributed by atoms with Crippen LogP contribution >= 0.6 is 11.3 Å². The van der Waals surface area contributed by atoms with E-state index in [0.717, 1.165) is 19.4 Å². The summed E-state index contributed by atoms with van der Waals surface area (Å²) in [5.74, 6) is 3.29. The highest BCUT2D eigenvalue weighted by Crippen LogP contribution is 2.25. The average molecular weight is 221 g/mol. The van der Waals surface area contributed by atoms with E-state index < -0.39 is 0 Å². The van der Waals surface area contributed by atoms with Crippen LogP contribution in [0, 0.1) is 18.3 Å². The number of hydrogen-bond donors (Lipinski definition) is 1. The van der Waals surface area contributed by atoms with Gasteiger partial charge in [0, 0.05) is 17.3 Å². The highest BCUT2D eigenvalue weighted by Gasteiger charge is 2.15. The third-order valence-electron chi connectivity index (χ3n) is 2.38. The Bertz CT molecular complexity index is 295. The van der Waals surface area contributed by atoms with E-state index in [-0.39, 0.29) is 0 Å². The summed E-state index contributed by atoms with van der Waals surface area (Å²) in [6.45, 7) is 5.50. The number of unbranched alkanes of at least 4 members (excludes halogenated alkanes) is 1. The molecule has 0 aliphatic carbocycles. The number of thiophene rings is 1. The Morgan fingerprint density at radius 3 is 2.87 bits per heavy atom. The SMILES string of the molecule is C#CCCCNC(c1cccs1)C(C)C. The highest BCUT2D eigenvalue weighted by molar-refractivity contribution is 7.10. The molecule has 0 radical (unpaired) electrons. The molecule has 0 aromatic carbocycles. The number of terminal acetylenes is 1. The Labute approximate surface area is 96.9 Å². The van der Waals surface area contributed by atoms with Gasteiger partial charge in [0.25, 0.3) is 0 Å². The van der Waals surface area contributed by atoms with Gasteiger partial charge in [-0.2, -0.15) is 0 Å². The Morgan fingerprint density at radius 1 is 1.53 bits per heavy atom. The molecule has 1 aromatic heterocycles. The molecule has 1 rings (SSSR count). The van der Waals surface area contributed by atoms with Gasteiger partial charge in [-0.1, -0.05) is 19.9 Å². The van der Waals surface area contributed by atoms with E-state index in [2.05, 4.69) is 42.6 Å². The quantitative estimate of drug-likeness (QED) is 0.573. The van der Waals surface area contributed by atoms with Crippen LogP contribution in [-0.4, -0.2) is 6.54 Å². The molecule has 82 valence electrons. The van der Waals surface area contributed by atoms with Crippen molar-refractivity contribution in [2.45, 2.75) is 32.7 Å². The summed E-state index contributed by atoms with van der Waals surface area (Å²) in [7, 11) is 0. The molecule has 15 heavy (non-hydrogen) atoms. The fraction of sp³-hybridized carbons (Fsp3) is 0.538. The number of rotatable bonds is 6. The van der Waals surface area contributed by atoms with Gasteiger partial charge in [0.1, 0.15) is 0 Å². The van der Waals surface area contributed by atoms with Crippen LogP contribution in [0.2, 0.25) is 0 Å². The van der Waals surface area contributed by atoms with Gasteiger partial charge in [-0.05, 0) is 30.3 Å². The fourth-order valence-corrected chi connectivity index (χ4v) is 2.55. The van der Waals surface area contributed by atoms with Gasteiger partial charge in [-0.3, -0.25) is 0 Å². The van der Waals surface area contributed by atoms with Crippen LogP contribution in [0.15, 0.2) is 17.5 Å². The van der Waals surface area contributed by atoms with Gasteiger partial charge >= 0.3 is 0 Å². The van der Waals surface area contributed by atoms with Crippen LogP contribution < -0.4 is 5.32 Å².